The van der Waals surface area contributed by atoms with E-state index in [2.05, 4.69) is 5.10 Å². The van der Waals surface area contributed by atoms with E-state index in [9.17, 15) is 9.59 Å². The SMILES string of the molecule is CC1=NN(c2ccccc2)C(=O)/C1=C\c1ccccc1OCc1cccc(C(=O)O)c1. The molecule has 0 bridgehead atoms. The predicted molar refractivity (Wildman–Crippen MR) is 119 cm³/mol. The van der Waals surface area contributed by atoms with E-state index in [1.54, 1.807) is 25.1 Å². The molecule has 0 spiro atoms. The highest BCUT2D eigenvalue weighted by molar-refractivity contribution is 6.32. The molecule has 3 aromatic carbocycles. The monoisotopic (exact) mass is 412 g/mol. The average Bonchev–Trinajstić information content (AvgIpc) is 3.07. The highest BCUT2D eigenvalue weighted by Gasteiger charge is 2.28. The number of hydrogen-bond acceptors (Lipinski definition) is 4. The van der Waals surface area contributed by atoms with Gasteiger partial charge in [0.05, 0.1) is 22.5 Å². The Morgan fingerprint density at radius 1 is 1.03 bits per heavy atom. The molecule has 1 aliphatic rings. The minimum atomic E-state index is -0.982. The van der Waals surface area contributed by atoms with Crippen molar-refractivity contribution in [2.75, 3.05) is 5.01 Å². The highest BCUT2D eigenvalue weighted by atomic mass is 16.5. The third kappa shape index (κ3) is 4.38. The van der Waals surface area contributed by atoms with Gasteiger partial charge in [0.2, 0.25) is 0 Å². The fourth-order valence-electron chi connectivity index (χ4n) is 3.27. The summed E-state index contributed by atoms with van der Waals surface area (Å²) in [4.78, 5) is 24.1. The number of amides is 1. The van der Waals surface area contributed by atoms with Crippen LogP contribution in [0.5, 0.6) is 5.75 Å². The maximum absolute atomic E-state index is 13.0. The summed E-state index contributed by atoms with van der Waals surface area (Å²) in [5, 5.41) is 14.9. The van der Waals surface area contributed by atoms with Gasteiger partial charge in [0.15, 0.2) is 0 Å². The largest absolute Gasteiger partial charge is 0.488 e. The van der Waals surface area contributed by atoms with Crippen LogP contribution in [0, 0.1) is 0 Å². The van der Waals surface area contributed by atoms with Crippen molar-refractivity contribution < 1.29 is 19.4 Å². The maximum Gasteiger partial charge on any atom is 0.335 e. The summed E-state index contributed by atoms with van der Waals surface area (Å²) in [6.45, 7) is 2.01. The van der Waals surface area contributed by atoms with Crippen molar-refractivity contribution in [3.63, 3.8) is 0 Å². The molecule has 0 saturated heterocycles. The van der Waals surface area contributed by atoms with Gasteiger partial charge in [0.1, 0.15) is 12.4 Å². The van der Waals surface area contributed by atoms with Crippen molar-refractivity contribution in [1.29, 1.82) is 0 Å². The van der Waals surface area contributed by atoms with Crippen LogP contribution in [0.2, 0.25) is 0 Å². The first-order chi connectivity index (χ1) is 15.0. The predicted octanol–water partition coefficient (Wildman–Crippen LogP) is 4.77. The van der Waals surface area contributed by atoms with Gasteiger partial charge in [-0.05, 0) is 48.9 Å². The van der Waals surface area contributed by atoms with E-state index in [0.29, 0.717) is 22.7 Å². The number of carboxylic acid groups (broad SMARTS) is 1. The van der Waals surface area contributed by atoms with Crippen LogP contribution in [0.1, 0.15) is 28.4 Å². The zero-order valence-corrected chi connectivity index (χ0v) is 16.9. The van der Waals surface area contributed by atoms with Crippen molar-refractivity contribution in [2.45, 2.75) is 13.5 Å². The number of hydrogen-bond donors (Lipinski definition) is 1. The summed E-state index contributed by atoms with van der Waals surface area (Å²) in [6.07, 6.45) is 1.77. The van der Waals surface area contributed by atoms with Crippen LogP contribution in [0.3, 0.4) is 0 Å². The van der Waals surface area contributed by atoms with E-state index in [4.69, 9.17) is 9.84 Å². The van der Waals surface area contributed by atoms with Crippen molar-refractivity contribution in [1.82, 2.24) is 0 Å². The number of ether oxygens (including phenoxy) is 1. The number of carbonyl (C=O) groups is 2. The van der Waals surface area contributed by atoms with Crippen LogP contribution >= 0.6 is 0 Å². The van der Waals surface area contributed by atoms with Gasteiger partial charge in [-0.1, -0.05) is 48.5 Å². The van der Waals surface area contributed by atoms with Crippen molar-refractivity contribution >= 4 is 29.4 Å². The molecule has 6 heteroatoms. The Hall–Kier alpha value is -4.19. The molecule has 31 heavy (non-hydrogen) atoms. The molecule has 0 aromatic heterocycles. The second kappa shape index (κ2) is 8.67. The van der Waals surface area contributed by atoms with Gasteiger partial charge in [-0.2, -0.15) is 10.1 Å². The Labute approximate surface area is 179 Å². The molecule has 154 valence electrons. The average molecular weight is 412 g/mol. The van der Waals surface area contributed by atoms with Crippen LogP contribution < -0.4 is 9.75 Å². The first-order valence-electron chi connectivity index (χ1n) is 9.74. The highest BCUT2D eigenvalue weighted by Crippen LogP contribution is 2.28. The number of carboxylic acids is 1. The van der Waals surface area contributed by atoms with E-state index in [-0.39, 0.29) is 18.1 Å². The number of nitrogens with zero attached hydrogens (tertiary/aromatic N) is 2. The number of rotatable bonds is 6. The maximum atomic E-state index is 13.0. The van der Waals surface area contributed by atoms with Crippen LogP contribution in [0.15, 0.2) is 89.5 Å². The summed E-state index contributed by atoms with van der Waals surface area (Å²) in [7, 11) is 0. The summed E-state index contributed by atoms with van der Waals surface area (Å²) >= 11 is 0. The molecule has 1 heterocycles. The first kappa shape index (κ1) is 20.1. The molecule has 3 aromatic rings. The Kier molecular flexibility index (Phi) is 5.62. The topological polar surface area (TPSA) is 79.2 Å². The standard InChI is InChI=1S/C25H20N2O4/c1-17-22(24(28)27(26-17)21-11-3-2-4-12-21)15-19-9-5-6-13-23(19)31-16-18-8-7-10-20(14-18)25(29)30/h2-15H,16H2,1H3,(H,29,30)/b22-15-. The lowest BCUT2D eigenvalue weighted by Crippen LogP contribution is -2.21. The molecule has 1 N–H and O–H groups in total. The molecule has 6 nitrogen and oxygen atoms in total. The Morgan fingerprint density at radius 2 is 1.77 bits per heavy atom. The summed E-state index contributed by atoms with van der Waals surface area (Å²) in [5.41, 5.74) is 3.52. The molecule has 0 atom stereocenters. The Bertz CT molecular complexity index is 1200. The normalized spacial score (nSPS) is 14.6. The molecular weight excluding hydrogens is 392 g/mol. The minimum absolute atomic E-state index is 0.201. The summed E-state index contributed by atoms with van der Waals surface area (Å²) < 4.78 is 5.95. The fraction of sp³-hybridized carbons (Fsp3) is 0.0800. The van der Waals surface area contributed by atoms with Crippen molar-refractivity contribution in [3.05, 3.63) is 101 Å². The zero-order chi connectivity index (χ0) is 21.8. The molecule has 0 fully saturated rings. The number of carbonyl (C=O) groups excluding carboxylic acids is 1. The molecule has 0 radical (unpaired) electrons. The second-order valence-electron chi connectivity index (χ2n) is 7.03. The van der Waals surface area contributed by atoms with Gasteiger partial charge in [0, 0.05) is 5.56 Å². The van der Waals surface area contributed by atoms with E-state index in [0.717, 1.165) is 11.1 Å². The zero-order valence-electron chi connectivity index (χ0n) is 16.9. The molecule has 0 aliphatic carbocycles. The number of para-hydroxylation sites is 2. The molecule has 0 saturated carbocycles. The Balaban J connectivity index is 1.57. The quantitative estimate of drug-likeness (QED) is 0.592. The Morgan fingerprint density at radius 3 is 2.55 bits per heavy atom. The van der Waals surface area contributed by atoms with Crippen molar-refractivity contribution in [3.8, 4) is 5.75 Å². The lowest BCUT2D eigenvalue weighted by Gasteiger charge is -2.12. The minimum Gasteiger partial charge on any atom is -0.488 e. The van der Waals surface area contributed by atoms with E-state index in [1.165, 1.54) is 11.1 Å². The van der Waals surface area contributed by atoms with Gasteiger partial charge in [-0.3, -0.25) is 4.79 Å². The molecular formula is C25H20N2O4. The van der Waals surface area contributed by atoms with Crippen LogP contribution in [-0.2, 0) is 11.4 Å². The number of benzene rings is 3. The van der Waals surface area contributed by atoms with Crippen LogP contribution in [0.4, 0.5) is 5.69 Å². The number of aromatic carboxylic acids is 1. The van der Waals surface area contributed by atoms with Gasteiger partial charge in [-0.15, -0.1) is 0 Å². The summed E-state index contributed by atoms with van der Waals surface area (Å²) in [6, 6.07) is 23.3. The van der Waals surface area contributed by atoms with E-state index in [1.807, 2.05) is 60.7 Å². The van der Waals surface area contributed by atoms with Gasteiger partial charge < -0.3 is 9.84 Å². The van der Waals surface area contributed by atoms with E-state index < -0.39 is 5.97 Å². The van der Waals surface area contributed by atoms with Gasteiger partial charge in [0.25, 0.3) is 5.91 Å². The van der Waals surface area contributed by atoms with Crippen molar-refractivity contribution in [2.24, 2.45) is 5.10 Å². The summed E-state index contributed by atoms with van der Waals surface area (Å²) in [5.74, 6) is -0.591. The lowest BCUT2D eigenvalue weighted by atomic mass is 10.1. The van der Waals surface area contributed by atoms with Crippen LogP contribution in [0.25, 0.3) is 6.08 Å². The van der Waals surface area contributed by atoms with E-state index >= 15 is 0 Å². The number of hydrazone groups is 1. The van der Waals surface area contributed by atoms with Gasteiger partial charge >= 0.3 is 5.97 Å². The molecule has 1 aliphatic heterocycles. The third-order valence-electron chi connectivity index (χ3n) is 4.85. The molecule has 1 amide bonds. The second-order valence-corrected chi connectivity index (χ2v) is 7.03. The third-order valence-corrected chi connectivity index (χ3v) is 4.85. The molecule has 4 rings (SSSR count). The molecule has 0 unspecified atom stereocenters. The lowest BCUT2D eigenvalue weighted by molar-refractivity contribution is -0.114. The number of anilines is 1. The first-order valence-corrected chi connectivity index (χ1v) is 9.74. The smallest absolute Gasteiger partial charge is 0.335 e. The van der Waals surface area contributed by atoms with Gasteiger partial charge in [-0.25, -0.2) is 4.79 Å². The van der Waals surface area contributed by atoms with Crippen LogP contribution in [-0.4, -0.2) is 22.7 Å². The fourth-order valence-corrected chi connectivity index (χ4v) is 3.27.